The number of carbonyl (C=O) groups is 3. The van der Waals surface area contributed by atoms with Crippen LogP contribution in [0.4, 0.5) is 0 Å². The number of aromatic nitrogens is 1. The molecule has 0 unspecified atom stereocenters. The van der Waals surface area contributed by atoms with Crippen molar-refractivity contribution in [2.75, 3.05) is 34.3 Å². The van der Waals surface area contributed by atoms with Crippen molar-refractivity contribution in [2.45, 2.75) is 26.3 Å². The van der Waals surface area contributed by atoms with Crippen LogP contribution in [0.25, 0.3) is 5.76 Å². The lowest BCUT2D eigenvalue weighted by molar-refractivity contribution is -0.139. The minimum Gasteiger partial charge on any atom is -0.507 e. The average Bonchev–Trinajstić information content (AvgIpc) is 3.20. The molecule has 0 aliphatic carbocycles. The first kappa shape index (κ1) is 24.7. The summed E-state index contributed by atoms with van der Waals surface area (Å²) in [5.74, 6) is -2.28. The summed E-state index contributed by atoms with van der Waals surface area (Å²) in [6.07, 6.45) is 0.668. The number of carbonyl (C=O) groups excluding carboxylic acids is 3. The Balaban J connectivity index is 2.17. The Morgan fingerprint density at radius 1 is 1.21 bits per heavy atom. The number of halogens is 1. The highest BCUT2D eigenvalue weighted by molar-refractivity contribution is 9.10. The molecule has 0 saturated carbocycles. The zero-order valence-corrected chi connectivity index (χ0v) is 20.9. The quantitative estimate of drug-likeness (QED) is 0.252. The second-order valence-corrected chi connectivity index (χ2v) is 9.23. The van der Waals surface area contributed by atoms with Gasteiger partial charge >= 0.3 is 5.97 Å². The van der Waals surface area contributed by atoms with Crippen LogP contribution in [0.3, 0.4) is 0 Å². The second-order valence-electron chi connectivity index (χ2n) is 8.32. The molecule has 0 radical (unpaired) electrons. The monoisotopic (exact) mass is 517 g/mol. The van der Waals surface area contributed by atoms with E-state index in [4.69, 9.17) is 4.74 Å². The summed E-state index contributed by atoms with van der Waals surface area (Å²) in [4.78, 5) is 44.8. The van der Waals surface area contributed by atoms with Crippen molar-refractivity contribution in [3.63, 3.8) is 0 Å². The number of esters is 1. The van der Waals surface area contributed by atoms with Gasteiger partial charge in [-0.15, -0.1) is 0 Å². The van der Waals surface area contributed by atoms with Crippen LogP contribution in [0.5, 0.6) is 0 Å². The molecule has 1 aliphatic heterocycles. The summed E-state index contributed by atoms with van der Waals surface area (Å²) in [5, 5.41) is 11.3. The van der Waals surface area contributed by atoms with E-state index in [1.807, 2.05) is 43.3 Å². The van der Waals surface area contributed by atoms with Crippen molar-refractivity contribution < 1.29 is 24.2 Å². The number of nitrogens with zero attached hydrogens (tertiary/aromatic N) is 2. The number of aliphatic hydroxyl groups is 1. The van der Waals surface area contributed by atoms with E-state index in [9.17, 15) is 19.5 Å². The Labute approximate surface area is 201 Å². The number of hydrogen-bond acceptors (Lipinski definition) is 6. The summed E-state index contributed by atoms with van der Waals surface area (Å²) in [5.41, 5.74) is 2.18. The standard InChI is InChI=1S/C24H28BrN3O5/c1-13-17(14(2)26-19(13)24(32)33-5)21(29)18-20(15-7-9-16(25)10-8-15)28(23(31)22(18)30)12-6-11-27(3)4/h7-10,20,26,29H,6,11-12H2,1-5H3/t20-/m1/s1. The number of aryl methyl sites for hydroxylation is 1. The lowest BCUT2D eigenvalue weighted by atomic mass is 9.94. The molecule has 1 aliphatic rings. The van der Waals surface area contributed by atoms with Gasteiger partial charge < -0.3 is 24.6 Å². The zero-order chi connectivity index (χ0) is 24.4. The predicted octanol–water partition coefficient (Wildman–Crippen LogP) is 3.55. The Morgan fingerprint density at radius 3 is 2.42 bits per heavy atom. The summed E-state index contributed by atoms with van der Waals surface area (Å²) < 4.78 is 5.66. The van der Waals surface area contributed by atoms with Crippen molar-refractivity contribution in [1.29, 1.82) is 0 Å². The maximum atomic E-state index is 13.2. The van der Waals surface area contributed by atoms with Gasteiger partial charge in [-0.25, -0.2) is 4.79 Å². The predicted molar refractivity (Wildman–Crippen MR) is 128 cm³/mol. The third-order valence-corrected chi connectivity index (χ3v) is 6.32. The van der Waals surface area contributed by atoms with E-state index in [1.165, 1.54) is 12.0 Å². The normalized spacial score (nSPS) is 17.8. The smallest absolute Gasteiger partial charge is 0.354 e. The van der Waals surface area contributed by atoms with Gasteiger partial charge in [0.15, 0.2) is 0 Å². The molecule has 1 atom stereocenters. The third kappa shape index (κ3) is 4.74. The van der Waals surface area contributed by atoms with Gasteiger partial charge in [0.05, 0.1) is 18.7 Å². The first-order chi connectivity index (χ1) is 15.6. The molecule has 1 amide bonds. The molecule has 0 spiro atoms. The number of likely N-dealkylation sites (tertiary alicyclic amines) is 1. The lowest BCUT2D eigenvalue weighted by Crippen LogP contribution is -2.32. The average molecular weight is 518 g/mol. The number of ether oxygens (including phenoxy) is 1. The maximum absolute atomic E-state index is 13.2. The number of aliphatic hydroxyl groups excluding tert-OH is 1. The number of benzene rings is 1. The zero-order valence-electron chi connectivity index (χ0n) is 19.4. The number of methoxy groups -OCH3 is 1. The molecule has 3 rings (SSSR count). The first-order valence-corrected chi connectivity index (χ1v) is 11.3. The summed E-state index contributed by atoms with van der Waals surface area (Å²) >= 11 is 3.41. The Kier molecular flexibility index (Phi) is 7.44. The topological polar surface area (TPSA) is 103 Å². The van der Waals surface area contributed by atoms with Gasteiger partial charge in [0, 0.05) is 22.3 Å². The van der Waals surface area contributed by atoms with Crippen molar-refractivity contribution in [3.05, 3.63) is 62.4 Å². The molecule has 9 heteroatoms. The van der Waals surface area contributed by atoms with E-state index in [-0.39, 0.29) is 17.0 Å². The highest BCUT2D eigenvalue weighted by Crippen LogP contribution is 2.41. The first-order valence-electron chi connectivity index (χ1n) is 10.5. The third-order valence-electron chi connectivity index (χ3n) is 5.79. The van der Waals surface area contributed by atoms with Crippen LogP contribution in [0.15, 0.2) is 34.3 Å². The van der Waals surface area contributed by atoms with Crippen molar-refractivity contribution >= 4 is 39.3 Å². The summed E-state index contributed by atoms with van der Waals surface area (Å²) in [6, 6.07) is 6.57. The van der Waals surface area contributed by atoms with E-state index in [0.717, 1.165) is 11.0 Å². The highest BCUT2D eigenvalue weighted by atomic mass is 79.9. The van der Waals surface area contributed by atoms with Crippen LogP contribution in [-0.2, 0) is 14.3 Å². The summed E-state index contributed by atoms with van der Waals surface area (Å²) in [7, 11) is 5.15. The highest BCUT2D eigenvalue weighted by Gasteiger charge is 2.46. The van der Waals surface area contributed by atoms with Crippen molar-refractivity contribution in [3.8, 4) is 0 Å². The van der Waals surface area contributed by atoms with Gasteiger partial charge in [0.2, 0.25) is 0 Å². The van der Waals surface area contributed by atoms with E-state index >= 15 is 0 Å². The fraction of sp³-hybridized carbons (Fsp3) is 0.375. The fourth-order valence-corrected chi connectivity index (χ4v) is 4.47. The molecule has 1 saturated heterocycles. The summed E-state index contributed by atoms with van der Waals surface area (Å²) in [6.45, 7) is 4.45. The van der Waals surface area contributed by atoms with E-state index < -0.39 is 23.7 Å². The number of Topliss-reactive ketones (excluding diaryl/α,β-unsaturated/α-hetero) is 1. The van der Waals surface area contributed by atoms with Crippen molar-refractivity contribution in [2.24, 2.45) is 0 Å². The van der Waals surface area contributed by atoms with Gasteiger partial charge in [-0.1, -0.05) is 28.1 Å². The SMILES string of the molecule is COC(=O)c1[nH]c(C)c(C(O)=C2C(=O)C(=O)N(CCCN(C)C)[C@@H]2c2ccc(Br)cc2)c1C. The number of ketones is 1. The maximum Gasteiger partial charge on any atom is 0.354 e. The van der Waals surface area contributed by atoms with E-state index in [2.05, 4.69) is 20.9 Å². The molecule has 2 N–H and O–H groups in total. The molecular weight excluding hydrogens is 490 g/mol. The molecule has 8 nitrogen and oxygen atoms in total. The Bertz CT molecular complexity index is 1120. The minimum absolute atomic E-state index is 0.00814. The molecule has 33 heavy (non-hydrogen) atoms. The van der Waals surface area contributed by atoms with E-state index in [1.54, 1.807) is 13.8 Å². The fourth-order valence-electron chi connectivity index (χ4n) is 4.21. The van der Waals surface area contributed by atoms with Gasteiger partial charge in [-0.3, -0.25) is 9.59 Å². The molecular formula is C24H28BrN3O5. The number of nitrogens with one attached hydrogen (secondary N) is 1. The van der Waals surface area contributed by atoms with Crippen molar-refractivity contribution in [1.82, 2.24) is 14.8 Å². The molecule has 2 aromatic rings. The van der Waals surface area contributed by atoms with Gasteiger partial charge in [0.25, 0.3) is 11.7 Å². The second kappa shape index (κ2) is 9.93. The molecule has 1 aromatic heterocycles. The minimum atomic E-state index is -0.745. The molecule has 176 valence electrons. The molecule has 1 fully saturated rings. The van der Waals surface area contributed by atoms with Gasteiger partial charge in [-0.2, -0.15) is 0 Å². The van der Waals surface area contributed by atoms with Crippen LogP contribution in [0.1, 0.15) is 45.3 Å². The number of aromatic amines is 1. The van der Waals surface area contributed by atoms with Crippen LogP contribution in [0.2, 0.25) is 0 Å². The lowest BCUT2D eigenvalue weighted by Gasteiger charge is -2.26. The van der Waals surface area contributed by atoms with Crippen LogP contribution >= 0.6 is 15.9 Å². The van der Waals surface area contributed by atoms with Crippen LogP contribution < -0.4 is 0 Å². The van der Waals surface area contributed by atoms with Gasteiger partial charge in [-0.05, 0) is 64.2 Å². The van der Waals surface area contributed by atoms with Crippen LogP contribution in [0, 0.1) is 13.8 Å². The number of H-pyrrole nitrogens is 1. The largest absolute Gasteiger partial charge is 0.507 e. The molecule has 1 aromatic carbocycles. The van der Waals surface area contributed by atoms with Crippen LogP contribution in [-0.4, -0.2) is 71.8 Å². The Hall–Kier alpha value is -2.91. The molecule has 0 bridgehead atoms. The number of rotatable bonds is 7. The van der Waals surface area contributed by atoms with Gasteiger partial charge in [0.1, 0.15) is 11.5 Å². The number of amides is 1. The number of hydrogen-bond donors (Lipinski definition) is 2. The Morgan fingerprint density at radius 2 is 1.85 bits per heavy atom. The molecule has 2 heterocycles. The van der Waals surface area contributed by atoms with E-state index in [0.29, 0.717) is 35.3 Å².